The van der Waals surface area contributed by atoms with E-state index in [9.17, 15) is 9.59 Å². The Morgan fingerprint density at radius 2 is 1.65 bits per heavy atom. The molecule has 2 aromatic rings. The molecule has 0 aliphatic carbocycles. The number of pyridine rings is 1. The first-order valence-electron chi connectivity index (χ1n) is 8.93. The zero-order valence-electron chi connectivity index (χ0n) is 16.2. The highest BCUT2D eigenvalue weighted by Crippen LogP contribution is 2.23. The molecule has 0 radical (unpaired) electrons. The highest BCUT2D eigenvalue weighted by molar-refractivity contribution is 6.04. The van der Waals surface area contributed by atoms with Crippen molar-refractivity contribution in [2.45, 2.75) is 40.0 Å². The van der Waals surface area contributed by atoms with Crippen LogP contribution in [0.4, 0.5) is 5.69 Å². The molecule has 2 rings (SSSR count). The first-order valence-corrected chi connectivity index (χ1v) is 8.93. The van der Waals surface area contributed by atoms with Gasteiger partial charge in [-0.05, 0) is 49.1 Å². The highest BCUT2D eigenvalue weighted by atomic mass is 16.2. The summed E-state index contributed by atoms with van der Waals surface area (Å²) < 4.78 is 0. The lowest BCUT2D eigenvalue weighted by Gasteiger charge is -2.19. The topological polar surface area (TPSA) is 62.3 Å². The summed E-state index contributed by atoms with van der Waals surface area (Å²) in [6.45, 7) is 11.5. The van der Waals surface area contributed by atoms with Crippen molar-refractivity contribution in [3.63, 3.8) is 0 Å². The van der Waals surface area contributed by atoms with Gasteiger partial charge in [0.2, 0.25) is 0 Å². The van der Waals surface area contributed by atoms with Gasteiger partial charge in [0.05, 0.1) is 0 Å². The third-order valence-corrected chi connectivity index (χ3v) is 4.30. The minimum absolute atomic E-state index is 0.0587. The van der Waals surface area contributed by atoms with Gasteiger partial charge < -0.3 is 10.2 Å². The molecule has 0 fully saturated rings. The van der Waals surface area contributed by atoms with Gasteiger partial charge in [0, 0.05) is 30.5 Å². The van der Waals surface area contributed by atoms with Crippen molar-refractivity contribution in [2.75, 3.05) is 18.4 Å². The van der Waals surface area contributed by atoms with E-state index >= 15 is 0 Å². The summed E-state index contributed by atoms with van der Waals surface area (Å²) in [5.41, 5.74) is 2.65. The van der Waals surface area contributed by atoms with E-state index in [-0.39, 0.29) is 22.9 Å². The molecular weight excluding hydrogens is 326 g/mol. The first-order chi connectivity index (χ1) is 12.3. The fraction of sp³-hybridized carbons (Fsp3) is 0.381. The molecule has 5 heteroatoms. The molecule has 0 aliphatic rings. The number of anilines is 1. The van der Waals surface area contributed by atoms with Gasteiger partial charge in [0.25, 0.3) is 11.8 Å². The Hall–Kier alpha value is -2.69. The quantitative estimate of drug-likeness (QED) is 0.880. The molecule has 5 nitrogen and oxygen atoms in total. The van der Waals surface area contributed by atoms with Gasteiger partial charge in [-0.3, -0.25) is 14.6 Å². The van der Waals surface area contributed by atoms with Crippen LogP contribution >= 0.6 is 0 Å². The van der Waals surface area contributed by atoms with E-state index in [1.807, 2.05) is 38.1 Å². The molecule has 138 valence electrons. The molecule has 0 spiro atoms. The number of aromatic nitrogens is 1. The molecule has 0 aliphatic heterocycles. The van der Waals surface area contributed by atoms with Crippen molar-refractivity contribution >= 4 is 17.5 Å². The Balaban J connectivity index is 2.15. The number of amides is 2. The van der Waals surface area contributed by atoms with Crippen molar-refractivity contribution in [2.24, 2.45) is 0 Å². The van der Waals surface area contributed by atoms with Gasteiger partial charge in [0.1, 0.15) is 5.69 Å². The Labute approximate surface area is 155 Å². The lowest BCUT2D eigenvalue weighted by Crippen LogP contribution is -2.30. The van der Waals surface area contributed by atoms with Crippen LogP contribution in [0.2, 0.25) is 0 Å². The van der Waals surface area contributed by atoms with E-state index in [0.29, 0.717) is 24.3 Å². The fourth-order valence-corrected chi connectivity index (χ4v) is 2.63. The fourth-order valence-electron chi connectivity index (χ4n) is 2.63. The third kappa shape index (κ3) is 4.69. The Morgan fingerprint density at radius 1 is 1.04 bits per heavy atom. The number of nitrogens with zero attached hydrogens (tertiary/aromatic N) is 2. The average Bonchev–Trinajstić information content (AvgIpc) is 2.62. The average molecular weight is 353 g/mol. The molecule has 1 aromatic carbocycles. The Morgan fingerprint density at radius 3 is 2.19 bits per heavy atom. The van der Waals surface area contributed by atoms with Crippen LogP contribution in [0, 0.1) is 0 Å². The summed E-state index contributed by atoms with van der Waals surface area (Å²) in [6, 6.07) is 10.9. The standard InChI is InChI=1S/C21H27N3O2/c1-6-24(7-2)20(26)15-12-13-22-18(14-15)19(25)23-17-10-8-16(9-11-17)21(3,4)5/h8-14H,6-7H2,1-5H3,(H,23,25). The number of carbonyl (C=O) groups excluding carboxylic acids is 2. The monoisotopic (exact) mass is 353 g/mol. The summed E-state index contributed by atoms with van der Waals surface area (Å²) >= 11 is 0. The molecule has 0 atom stereocenters. The van der Waals surface area contributed by atoms with Crippen LogP contribution in [0.25, 0.3) is 0 Å². The van der Waals surface area contributed by atoms with Crippen LogP contribution in [0.15, 0.2) is 42.6 Å². The van der Waals surface area contributed by atoms with Crippen molar-refractivity contribution in [3.8, 4) is 0 Å². The predicted molar refractivity (Wildman–Crippen MR) is 105 cm³/mol. The van der Waals surface area contributed by atoms with Crippen LogP contribution < -0.4 is 5.32 Å². The Kier molecular flexibility index (Phi) is 6.14. The van der Waals surface area contributed by atoms with E-state index < -0.39 is 0 Å². The first kappa shape index (κ1) is 19.6. The van der Waals surface area contributed by atoms with Gasteiger partial charge in [-0.2, -0.15) is 0 Å². The molecule has 0 saturated heterocycles. The molecule has 0 unspecified atom stereocenters. The van der Waals surface area contributed by atoms with Crippen LogP contribution in [0.3, 0.4) is 0 Å². The highest BCUT2D eigenvalue weighted by Gasteiger charge is 2.16. The number of hydrogen-bond acceptors (Lipinski definition) is 3. The molecule has 1 N–H and O–H groups in total. The van der Waals surface area contributed by atoms with Gasteiger partial charge in [-0.25, -0.2) is 0 Å². The minimum Gasteiger partial charge on any atom is -0.339 e. The van der Waals surface area contributed by atoms with Gasteiger partial charge in [0.15, 0.2) is 0 Å². The lowest BCUT2D eigenvalue weighted by molar-refractivity contribution is 0.0773. The van der Waals surface area contributed by atoms with Crippen LogP contribution in [0.5, 0.6) is 0 Å². The summed E-state index contributed by atoms with van der Waals surface area (Å²) in [7, 11) is 0. The molecule has 0 bridgehead atoms. The van der Waals surface area contributed by atoms with Crippen molar-refractivity contribution in [3.05, 3.63) is 59.4 Å². The maximum absolute atomic E-state index is 12.5. The van der Waals surface area contributed by atoms with Crippen LogP contribution in [0.1, 0.15) is 61.0 Å². The smallest absolute Gasteiger partial charge is 0.274 e. The van der Waals surface area contributed by atoms with Crippen molar-refractivity contribution in [1.82, 2.24) is 9.88 Å². The lowest BCUT2D eigenvalue weighted by atomic mass is 9.87. The van der Waals surface area contributed by atoms with Crippen LogP contribution in [-0.2, 0) is 5.41 Å². The molecule has 26 heavy (non-hydrogen) atoms. The number of rotatable bonds is 5. The largest absolute Gasteiger partial charge is 0.339 e. The van der Waals surface area contributed by atoms with Crippen molar-refractivity contribution < 1.29 is 9.59 Å². The second kappa shape index (κ2) is 8.13. The van der Waals surface area contributed by atoms with E-state index in [2.05, 4.69) is 31.1 Å². The Bertz CT molecular complexity index is 773. The summed E-state index contributed by atoms with van der Waals surface area (Å²) in [5, 5.41) is 2.83. The molecular formula is C21H27N3O2. The van der Waals surface area contributed by atoms with Crippen LogP contribution in [-0.4, -0.2) is 34.8 Å². The van der Waals surface area contributed by atoms with Gasteiger partial charge in [-0.15, -0.1) is 0 Å². The number of benzene rings is 1. The molecule has 1 aromatic heterocycles. The maximum atomic E-state index is 12.5. The second-order valence-corrected chi connectivity index (χ2v) is 7.19. The second-order valence-electron chi connectivity index (χ2n) is 7.19. The van der Waals surface area contributed by atoms with Crippen molar-refractivity contribution in [1.29, 1.82) is 0 Å². The SMILES string of the molecule is CCN(CC)C(=O)c1ccnc(C(=O)Nc2ccc(C(C)(C)C)cc2)c1. The zero-order valence-corrected chi connectivity index (χ0v) is 16.2. The normalized spacial score (nSPS) is 11.1. The maximum Gasteiger partial charge on any atom is 0.274 e. The number of nitrogens with one attached hydrogen (secondary N) is 1. The van der Waals surface area contributed by atoms with Gasteiger partial charge >= 0.3 is 0 Å². The number of carbonyl (C=O) groups is 2. The minimum atomic E-state index is -0.331. The van der Waals surface area contributed by atoms with E-state index in [1.54, 1.807) is 17.0 Å². The molecule has 1 heterocycles. The predicted octanol–water partition coefficient (Wildman–Crippen LogP) is 4.11. The number of hydrogen-bond donors (Lipinski definition) is 1. The van der Waals surface area contributed by atoms with E-state index in [0.717, 1.165) is 0 Å². The zero-order chi connectivity index (χ0) is 19.3. The summed E-state index contributed by atoms with van der Waals surface area (Å²) in [4.78, 5) is 30.7. The summed E-state index contributed by atoms with van der Waals surface area (Å²) in [6.07, 6.45) is 1.49. The van der Waals surface area contributed by atoms with E-state index in [1.165, 1.54) is 11.8 Å². The molecule has 2 amide bonds. The summed E-state index contributed by atoms with van der Waals surface area (Å²) in [5.74, 6) is -0.427. The van der Waals surface area contributed by atoms with E-state index in [4.69, 9.17) is 0 Å². The molecule has 0 saturated carbocycles. The van der Waals surface area contributed by atoms with Gasteiger partial charge in [-0.1, -0.05) is 32.9 Å². The third-order valence-electron chi connectivity index (χ3n) is 4.30.